The molecule has 16 heteroatoms. The van der Waals surface area contributed by atoms with E-state index < -0.39 is 88.7 Å². The predicted molar refractivity (Wildman–Crippen MR) is 172 cm³/mol. The number of methoxy groups -OCH3 is 1. The largest absolute Gasteiger partial charge is 0.467 e. The molecule has 2 aromatic heterocycles. The molecule has 0 unspecified atom stereocenters. The third-order valence-corrected chi connectivity index (χ3v) is 8.34. The first-order chi connectivity index (χ1) is 24.0. The average molecular weight is 721 g/mol. The number of anilines is 1. The first kappa shape index (κ1) is 36.7. The number of alkyl halides is 6. The molecule has 0 fully saturated rings. The molecule has 3 aromatic carbocycles. The maximum atomic E-state index is 15.0. The predicted octanol–water partition coefficient (Wildman–Crippen LogP) is 7.32. The molecule has 0 saturated heterocycles. The number of halogens is 8. The fraction of sp³-hybridized carbons (Fsp3) is 0.257. The summed E-state index contributed by atoms with van der Waals surface area (Å²) in [6.07, 6.45) is -9.28. The second kappa shape index (κ2) is 14.0. The normalized spacial score (nSPS) is 13.2. The molecule has 2 atom stereocenters. The van der Waals surface area contributed by atoms with Crippen molar-refractivity contribution < 1.29 is 49.4 Å². The van der Waals surface area contributed by atoms with Gasteiger partial charge in [0, 0.05) is 41.7 Å². The molecule has 5 rings (SSSR count). The van der Waals surface area contributed by atoms with Crippen LogP contribution in [0.4, 0.5) is 40.8 Å². The van der Waals surface area contributed by atoms with E-state index in [9.17, 15) is 40.7 Å². The smallest absolute Gasteiger partial charge is 0.417 e. The number of para-hydroxylation sites is 1. The van der Waals surface area contributed by atoms with E-state index >= 15 is 8.78 Å². The molecule has 1 amide bonds. The van der Waals surface area contributed by atoms with Crippen LogP contribution in [0.3, 0.4) is 0 Å². The van der Waals surface area contributed by atoms with Crippen LogP contribution >= 0.6 is 0 Å². The number of nitrogens with zero attached hydrogens (tertiary/aromatic N) is 2. The molecular weight excluding hydrogens is 692 g/mol. The van der Waals surface area contributed by atoms with Gasteiger partial charge < -0.3 is 19.9 Å². The number of amides is 1. The van der Waals surface area contributed by atoms with Gasteiger partial charge in [-0.2, -0.15) is 26.3 Å². The summed E-state index contributed by atoms with van der Waals surface area (Å²) in [5, 5.41) is 4.11. The molecule has 0 radical (unpaired) electrons. The minimum atomic E-state index is -4.96. The second-order valence-corrected chi connectivity index (χ2v) is 11.5. The van der Waals surface area contributed by atoms with Crippen LogP contribution in [0.5, 0.6) is 0 Å². The van der Waals surface area contributed by atoms with Gasteiger partial charge in [-0.25, -0.2) is 13.6 Å². The molecule has 0 spiro atoms. The number of pyridine rings is 2. The quantitative estimate of drug-likeness (QED) is 0.122. The van der Waals surface area contributed by atoms with E-state index in [1.807, 2.05) is 5.32 Å². The molecule has 268 valence electrons. The van der Waals surface area contributed by atoms with E-state index in [-0.39, 0.29) is 32.9 Å². The number of fused-ring (bicyclic) bond motifs is 2. The number of carbonyl (C=O) groups excluding carboxylic acids is 2. The Kier molecular flexibility index (Phi) is 10.1. The van der Waals surface area contributed by atoms with Gasteiger partial charge in [0.2, 0.25) is 0 Å². The van der Waals surface area contributed by atoms with Crippen LogP contribution in [-0.2, 0) is 29.2 Å². The standard InChI is InChI=1S/C35H28F8N4O4/c1-4-26(34(38,39)40)45-18-15-22(36)28(23(37)16-18)31(48)46-24(33(50)51-3)14-17-11-12-21(30-19(17)9-7-13-44-30)27-29(35(41,42)43)20-8-5-6-10-25(20)47(2)32(27)49/h5-13,15-16,24,26,45H,4,14H2,1-3H3,(H,46,48)/t24-,26+/m0/s1. The van der Waals surface area contributed by atoms with E-state index in [1.54, 1.807) is 0 Å². The Bertz CT molecular complexity index is 2190. The SMILES string of the molecule is CC[C@@H](Nc1cc(F)c(C(=O)N[C@@H](Cc2ccc(-c3c(C(F)(F)F)c4ccccc4n(C)c3=O)c3ncccc23)C(=O)OC)c(F)c1)C(F)(F)F. The Morgan fingerprint density at radius 3 is 2.20 bits per heavy atom. The molecule has 0 bridgehead atoms. The zero-order chi connectivity index (χ0) is 37.4. The van der Waals surface area contributed by atoms with Crippen LogP contribution in [0.25, 0.3) is 32.9 Å². The van der Waals surface area contributed by atoms with Crippen molar-refractivity contribution in [1.82, 2.24) is 14.9 Å². The van der Waals surface area contributed by atoms with E-state index in [1.165, 1.54) is 68.7 Å². The summed E-state index contributed by atoms with van der Waals surface area (Å²) in [6.45, 7) is 1.21. The van der Waals surface area contributed by atoms with E-state index in [0.29, 0.717) is 12.1 Å². The van der Waals surface area contributed by atoms with Crippen molar-refractivity contribution in [2.24, 2.45) is 7.05 Å². The molecule has 0 aliphatic heterocycles. The van der Waals surface area contributed by atoms with Crippen LogP contribution in [0.1, 0.15) is 34.8 Å². The van der Waals surface area contributed by atoms with Crippen molar-refractivity contribution in [2.45, 2.75) is 44.2 Å². The highest BCUT2D eigenvalue weighted by molar-refractivity contribution is 6.01. The Hall–Kier alpha value is -5.54. The first-order valence-electron chi connectivity index (χ1n) is 15.2. The number of carbonyl (C=O) groups is 2. The van der Waals surface area contributed by atoms with Crippen LogP contribution < -0.4 is 16.2 Å². The molecule has 0 aliphatic rings. The topological polar surface area (TPSA) is 102 Å². The number of ether oxygens (including phenoxy) is 1. The first-order valence-corrected chi connectivity index (χ1v) is 15.2. The lowest BCUT2D eigenvalue weighted by molar-refractivity contribution is -0.143. The third kappa shape index (κ3) is 7.21. The summed E-state index contributed by atoms with van der Waals surface area (Å²) in [4.78, 5) is 43.7. The number of benzene rings is 3. The maximum absolute atomic E-state index is 15.0. The van der Waals surface area contributed by atoms with Gasteiger partial charge in [0.15, 0.2) is 0 Å². The highest BCUT2D eigenvalue weighted by Crippen LogP contribution is 2.42. The summed E-state index contributed by atoms with van der Waals surface area (Å²) < 4.78 is 119. The van der Waals surface area contributed by atoms with Gasteiger partial charge in [-0.05, 0) is 36.2 Å². The van der Waals surface area contributed by atoms with E-state index in [4.69, 9.17) is 4.74 Å². The van der Waals surface area contributed by atoms with Gasteiger partial charge in [0.05, 0.1) is 29.3 Å². The minimum absolute atomic E-state index is 0.0489. The summed E-state index contributed by atoms with van der Waals surface area (Å²) in [7, 11) is 2.31. The second-order valence-electron chi connectivity index (χ2n) is 11.5. The number of hydrogen-bond donors (Lipinski definition) is 2. The number of esters is 1. The zero-order valence-electron chi connectivity index (χ0n) is 27.0. The lowest BCUT2D eigenvalue weighted by atomic mass is 9.91. The van der Waals surface area contributed by atoms with Crippen molar-refractivity contribution in [3.63, 3.8) is 0 Å². The molecule has 8 nitrogen and oxygen atoms in total. The molecular formula is C35H28F8N4O4. The highest BCUT2D eigenvalue weighted by atomic mass is 19.4. The monoisotopic (exact) mass is 720 g/mol. The molecule has 5 aromatic rings. The van der Waals surface area contributed by atoms with E-state index in [0.717, 1.165) is 11.7 Å². The summed E-state index contributed by atoms with van der Waals surface area (Å²) >= 11 is 0. The lowest BCUT2D eigenvalue weighted by Crippen LogP contribution is -2.43. The molecule has 51 heavy (non-hydrogen) atoms. The number of nitrogens with one attached hydrogen (secondary N) is 2. The number of aromatic nitrogens is 2. The summed E-state index contributed by atoms with van der Waals surface area (Å²) in [5.41, 5.74) is -4.50. The van der Waals surface area contributed by atoms with Crippen molar-refractivity contribution in [1.29, 1.82) is 0 Å². The van der Waals surface area contributed by atoms with Gasteiger partial charge in [-0.1, -0.05) is 43.3 Å². The van der Waals surface area contributed by atoms with Gasteiger partial charge in [-0.3, -0.25) is 14.6 Å². The van der Waals surface area contributed by atoms with Gasteiger partial charge in [-0.15, -0.1) is 0 Å². The van der Waals surface area contributed by atoms with Crippen molar-refractivity contribution in [2.75, 3.05) is 12.4 Å². The van der Waals surface area contributed by atoms with Crippen molar-refractivity contribution in [3.8, 4) is 11.1 Å². The number of rotatable bonds is 9. The van der Waals surface area contributed by atoms with Crippen LogP contribution in [-0.4, -0.2) is 46.8 Å². The molecule has 2 N–H and O–H groups in total. The Morgan fingerprint density at radius 2 is 1.59 bits per heavy atom. The Morgan fingerprint density at radius 1 is 0.941 bits per heavy atom. The van der Waals surface area contributed by atoms with E-state index in [2.05, 4.69) is 10.3 Å². The third-order valence-electron chi connectivity index (χ3n) is 8.34. The van der Waals surface area contributed by atoms with Crippen LogP contribution in [0, 0.1) is 11.6 Å². The fourth-order valence-electron chi connectivity index (χ4n) is 5.93. The van der Waals surface area contributed by atoms with Crippen LogP contribution in [0.15, 0.2) is 71.7 Å². The summed E-state index contributed by atoms with van der Waals surface area (Å²) in [5.74, 6) is -5.55. The van der Waals surface area contributed by atoms with Gasteiger partial charge in [0.1, 0.15) is 29.3 Å². The summed E-state index contributed by atoms with van der Waals surface area (Å²) in [6, 6.07) is 8.25. The lowest BCUT2D eigenvalue weighted by Gasteiger charge is -2.22. The minimum Gasteiger partial charge on any atom is -0.467 e. The Balaban J connectivity index is 1.55. The molecule has 0 saturated carbocycles. The molecule has 0 aliphatic carbocycles. The highest BCUT2D eigenvalue weighted by Gasteiger charge is 2.40. The fourth-order valence-corrected chi connectivity index (χ4v) is 5.93. The Labute approximate surface area is 284 Å². The molecule has 2 heterocycles. The zero-order valence-corrected chi connectivity index (χ0v) is 27.0. The average Bonchev–Trinajstić information content (AvgIpc) is 3.06. The number of aryl methyl sites for hydroxylation is 1. The van der Waals surface area contributed by atoms with Crippen molar-refractivity contribution >= 4 is 39.4 Å². The maximum Gasteiger partial charge on any atom is 0.417 e. The number of hydrogen-bond acceptors (Lipinski definition) is 6. The van der Waals surface area contributed by atoms with Gasteiger partial charge in [0.25, 0.3) is 11.5 Å². The van der Waals surface area contributed by atoms with Gasteiger partial charge >= 0.3 is 18.3 Å². The van der Waals surface area contributed by atoms with Crippen LogP contribution in [0.2, 0.25) is 0 Å². The van der Waals surface area contributed by atoms with Crippen molar-refractivity contribution in [3.05, 3.63) is 106 Å².